The molecule has 2 rings (SSSR count). The van der Waals surface area contributed by atoms with Crippen LogP contribution in [0.15, 0.2) is 41.3 Å². The molecule has 0 fully saturated rings. The summed E-state index contributed by atoms with van der Waals surface area (Å²) in [5, 5.41) is 0.0791. The Balaban J connectivity index is 2.24. The lowest BCUT2D eigenvalue weighted by molar-refractivity contribution is 0.0469. The van der Waals surface area contributed by atoms with E-state index in [4.69, 9.17) is 27.9 Å². The SMILES string of the molecule is CNS(=O)(=O)c1cc(C(=O)OCc2c(F)cccc2Cl)ccc1Cl. The predicted molar refractivity (Wildman–Crippen MR) is 88.2 cm³/mol. The van der Waals surface area contributed by atoms with Crippen LogP contribution in [0.25, 0.3) is 0 Å². The average Bonchev–Trinajstić information content (AvgIpc) is 2.54. The van der Waals surface area contributed by atoms with Crippen molar-refractivity contribution < 1.29 is 22.3 Å². The van der Waals surface area contributed by atoms with E-state index >= 15 is 0 Å². The number of sulfonamides is 1. The zero-order valence-corrected chi connectivity index (χ0v) is 14.7. The van der Waals surface area contributed by atoms with Gasteiger partial charge in [0.25, 0.3) is 0 Å². The number of hydrogen-bond acceptors (Lipinski definition) is 4. The van der Waals surface area contributed by atoms with E-state index in [9.17, 15) is 17.6 Å². The summed E-state index contributed by atoms with van der Waals surface area (Å²) in [7, 11) is -2.62. The lowest BCUT2D eigenvalue weighted by atomic mass is 10.2. The first-order valence-corrected chi connectivity index (χ1v) is 8.83. The minimum absolute atomic E-state index is 0.0320. The number of benzene rings is 2. The summed E-state index contributed by atoms with van der Waals surface area (Å²) in [6.45, 7) is -0.388. The van der Waals surface area contributed by atoms with Gasteiger partial charge >= 0.3 is 5.97 Å². The van der Waals surface area contributed by atoms with E-state index in [1.165, 1.54) is 37.4 Å². The molecule has 0 saturated carbocycles. The summed E-state index contributed by atoms with van der Waals surface area (Å²) in [5.74, 6) is -1.44. The Labute approximate surface area is 148 Å². The Morgan fingerprint density at radius 1 is 1.21 bits per heavy atom. The van der Waals surface area contributed by atoms with Gasteiger partial charge in [0.1, 0.15) is 17.3 Å². The van der Waals surface area contributed by atoms with Crippen LogP contribution in [0.4, 0.5) is 4.39 Å². The van der Waals surface area contributed by atoms with E-state index in [1.54, 1.807) is 0 Å². The van der Waals surface area contributed by atoms with Crippen LogP contribution in [0.5, 0.6) is 0 Å². The third-order valence-electron chi connectivity index (χ3n) is 3.13. The Morgan fingerprint density at radius 2 is 1.92 bits per heavy atom. The Kier molecular flexibility index (Phi) is 5.82. The van der Waals surface area contributed by atoms with Crippen molar-refractivity contribution in [2.24, 2.45) is 0 Å². The minimum atomic E-state index is -3.84. The molecule has 0 bridgehead atoms. The molecule has 128 valence electrons. The molecule has 0 amide bonds. The number of esters is 1. The highest BCUT2D eigenvalue weighted by atomic mass is 35.5. The second-order valence-electron chi connectivity index (χ2n) is 4.63. The fraction of sp³-hybridized carbons (Fsp3) is 0.133. The van der Waals surface area contributed by atoms with Crippen LogP contribution in [0, 0.1) is 5.82 Å². The normalized spacial score (nSPS) is 11.3. The molecule has 0 radical (unpaired) electrons. The maximum atomic E-state index is 13.6. The number of halogens is 3. The molecule has 0 atom stereocenters. The largest absolute Gasteiger partial charge is 0.457 e. The van der Waals surface area contributed by atoms with E-state index in [-0.39, 0.29) is 32.7 Å². The number of carbonyl (C=O) groups excluding carboxylic acids is 1. The molecule has 24 heavy (non-hydrogen) atoms. The lowest BCUT2D eigenvalue weighted by Crippen LogP contribution is -2.19. The fourth-order valence-corrected chi connectivity index (χ4v) is 3.30. The highest BCUT2D eigenvalue weighted by Gasteiger charge is 2.19. The summed E-state index contributed by atoms with van der Waals surface area (Å²) < 4.78 is 44.4. The molecule has 5 nitrogen and oxygen atoms in total. The Bertz CT molecular complexity index is 867. The van der Waals surface area contributed by atoms with Gasteiger partial charge < -0.3 is 4.74 Å². The zero-order valence-electron chi connectivity index (χ0n) is 12.3. The molecule has 0 spiro atoms. The quantitative estimate of drug-likeness (QED) is 0.792. The van der Waals surface area contributed by atoms with Gasteiger partial charge in [0.05, 0.1) is 15.6 Å². The number of rotatable bonds is 5. The van der Waals surface area contributed by atoms with E-state index in [2.05, 4.69) is 4.72 Å². The van der Waals surface area contributed by atoms with Crippen LogP contribution < -0.4 is 4.72 Å². The predicted octanol–water partition coefficient (Wildman–Crippen LogP) is 3.40. The van der Waals surface area contributed by atoms with Crippen LogP contribution in [-0.2, 0) is 21.4 Å². The molecule has 2 aromatic carbocycles. The molecule has 9 heteroatoms. The molecule has 0 aromatic heterocycles. The molecule has 0 unspecified atom stereocenters. The molecular formula is C15H12Cl2FNO4S. The summed E-state index contributed by atoms with van der Waals surface area (Å²) >= 11 is 11.7. The smallest absolute Gasteiger partial charge is 0.338 e. The number of carbonyl (C=O) groups is 1. The minimum Gasteiger partial charge on any atom is -0.457 e. The first-order valence-electron chi connectivity index (χ1n) is 6.59. The Morgan fingerprint density at radius 3 is 2.54 bits per heavy atom. The molecule has 0 aliphatic rings. The molecular weight excluding hydrogens is 380 g/mol. The summed E-state index contributed by atoms with van der Waals surface area (Å²) in [6.07, 6.45) is 0. The van der Waals surface area contributed by atoms with Crippen LogP contribution in [0.3, 0.4) is 0 Å². The highest BCUT2D eigenvalue weighted by Crippen LogP contribution is 2.24. The van der Waals surface area contributed by atoms with Crippen LogP contribution >= 0.6 is 23.2 Å². The zero-order chi connectivity index (χ0) is 17.9. The molecule has 0 heterocycles. The van der Waals surface area contributed by atoms with Crippen molar-refractivity contribution in [3.05, 3.63) is 63.4 Å². The van der Waals surface area contributed by atoms with Gasteiger partial charge in [-0.1, -0.05) is 29.3 Å². The van der Waals surface area contributed by atoms with E-state index < -0.39 is 21.8 Å². The summed E-state index contributed by atoms with van der Waals surface area (Å²) in [6, 6.07) is 7.74. The molecule has 0 saturated heterocycles. The van der Waals surface area contributed by atoms with E-state index in [0.717, 1.165) is 6.07 Å². The second-order valence-corrected chi connectivity index (χ2v) is 7.30. The van der Waals surface area contributed by atoms with E-state index in [1.807, 2.05) is 0 Å². The number of nitrogens with one attached hydrogen (secondary N) is 1. The first kappa shape index (κ1) is 18.7. The molecule has 1 N–H and O–H groups in total. The number of hydrogen-bond donors (Lipinski definition) is 1. The third-order valence-corrected chi connectivity index (χ3v) is 5.38. The third kappa shape index (κ3) is 4.05. The highest BCUT2D eigenvalue weighted by molar-refractivity contribution is 7.89. The monoisotopic (exact) mass is 391 g/mol. The van der Waals surface area contributed by atoms with Crippen molar-refractivity contribution in [3.63, 3.8) is 0 Å². The van der Waals surface area contributed by atoms with Gasteiger partial charge in [-0.15, -0.1) is 0 Å². The van der Waals surface area contributed by atoms with Crippen LogP contribution in [0.2, 0.25) is 10.0 Å². The van der Waals surface area contributed by atoms with Gasteiger partial charge in [0.15, 0.2) is 0 Å². The van der Waals surface area contributed by atoms with Crippen molar-refractivity contribution in [1.82, 2.24) is 4.72 Å². The lowest BCUT2D eigenvalue weighted by Gasteiger charge is -2.10. The standard InChI is InChI=1S/C15H12Cl2FNO4S/c1-19-24(21,22)14-7-9(5-6-12(14)17)15(20)23-8-10-11(16)3-2-4-13(10)18/h2-7,19H,8H2,1H3. The maximum absolute atomic E-state index is 13.6. The molecule has 0 aliphatic carbocycles. The summed E-state index contributed by atoms with van der Waals surface area (Å²) in [5.41, 5.74) is -0.00904. The maximum Gasteiger partial charge on any atom is 0.338 e. The average molecular weight is 392 g/mol. The van der Waals surface area contributed by atoms with Crippen molar-refractivity contribution in [2.75, 3.05) is 7.05 Å². The second kappa shape index (κ2) is 7.48. The van der Waals surface area contributed by atoms with Crippen molar-refractivity contribution >= 4 is 39.2 Å². The van der Waals surface area contributed by atoms with Crippen molar-refractivity contribution in [3.8, 4) is 0 Å². The van der Waals surface area contributed by atoms with Gasteiger partial charge in [0.2, 0.25) is 10.0 Å². The summed E-state index contributed by atoms with van der Waals surface area (Å²) in [4.78, 5) is 11.8. The first-order chi connectivity index (χ1) is 11.3. The van der Waals surface area contributed by atoms with Gasteiger partial charge in [0, 0.05) is 5.56 Å². The topological polar surface area (TPSA) is 72.5 Å². The van der Waals surface area contributed by atoms with Gasteiger partial charge in [-0.3, -0.25) is 0 Å². The Hall–Kier alpha value is -1.67. The van der Waals surface area contributed by atoms with E-state index in [0.29, 0.717) is 0 Å². The van der Waals surface area contributed by atoms with Crippen LogP contribution in [-0.4, -0.2) is 21.4 Å². The fourth-order valence-electron chi connectivity index (χ4n) is 1.84. The van der Waals surface area contributed by atoms with Gasteiger partial charge in [-0.2, -0.15) is 0 Å². The molecule has 0 aliphatic heterocycles. The molecule has 2 aromatic rings. The van der Waals surface area contributed by atoms with Gasteiger partial charge in [-0.25, -0.2) is 22.3 Å². The van der Waals surface area contributed by atoms with Crippen LogP contribution in [0.1, 0.15) is 15.9 Å². The van der Waals surface area contributed by atoms with Gasteiger partial charge in [-0.05, 0) is 37.4 Å². The van der Waals surface area contributed by atoms with Crippen molar-refractivity contribution in [2.45, 2.75) is 11.5 Å². The number of ether oxygens (including phenoxy) is 1. The van der Waals surface area contributed by atoms with Crippen molar-refractivity contribution in [1.29, 1.82) is 0 Å².